The zero-order valence-corrected chi connectivity index (χ0v) is 16.9. The minimum Gasteiger partial charge on any atom is -0.337 e. The highest BCUT2D eigenvalue weighted by Crippen LogP contribution is 2.19. The van der Waals surface area contributed by atoms with E-state index in [2.05, 4.69) is 5.32 Å². The molecule has 1 saturated heterocycles. The molecule has 5 nitrogen and oxygen atoms in total. The summed E-state index contributed by atoms with van der Waals surface area (Å²) in [5.41, 5.74) is 1.28. The molecule has 0 saturated carbocycles. The van der Waals surface area contributed by atoms with Crippen LogP contribution in [0.2, 0.25) is 0 Å². The standard InChI is InChI=1S/C20H24N2O3S.ClH/c1-21-18-8-5-13-22(14-18)20(23)17-9-11-19(12-10-17)26(24,25)15-16-6-3-2-4-7-16;/h2-4,6-7,9-12,18,21H,5,8,13-15H2,1H3;1H. The summed E-state index contributed by atoms with van der Waals surface area (Å²) >= 11 is 0. The van der Waals surface area contributed by atoms with Crippen molar-refractivity contribution < 1.29 is 13.2 Å². The minimum atomic E-state index is -3.43. The first-order valence-electron chi connectivity index (χ1n) is 8.83. The van der Waals surface area contributed by atoms with Crippen molar-refractivity contribution in [1.29, 1.82) is 0 Å². The van der Waals surface area contributed by atoms with E-state index in [1.54, 1.807) is 24.3 Å². The Morgan fingerprint density at radius 2 is 1.78 bits per heavy atom. The van der Waals surface area contributed by atoms with Crippen LogP contribution in [-0.2, 0) is 15.6 Å². The van der Waals surface area contributed by atoms with Gasteiger partial charge >= 0.3 is 0 Å². The quantitative estimate of drug-likeness (QED) is 0.826. The van der Waals surface area contributed by atoms with Gasteiger partial charge < -0.3 is 10.2 Å². The number of amides is 1. The van der Waals surface area contributed by atoms with Crippen molar-refractivity contribution in [3.8, 4) is 0 Å². The Morgan fingerprint density at radius 3 is 2.41 bits per heavy atom. The van der Waals surface area contributed by atoms with E-state index in [-0.39, 0.29) is 29.0 Å². The molecule has 1 unspecified atom stereocenters. The number of likely N-dealkylation sites (tertiary alicyclic amines) is 1. The molecule has 1 aliphatic rings. The maximum absolute atomic E-state index is 12.7. The molecule has 0 aliphatic carbocycles. The van der Waals surface area contributed by atoms with E-state index >= 15 is 0 Å². The third-order valence-electron chi connectivity index (χ3n) is 4.78. The summed E-state index contributed by atoms with van der Waals surface area (Å²) in [6, 6.07) is 15.7. The van der Waals surface area contributed by atoms with Gasteiger partial charge in [-0.15, -0.1) is 12.4 Å². The monoisotopic (exact) mass is 408 g/mol. The van der Waals surface area contributed by atoms with Gasteiger partial charge in [0.05, 0.1) is 10.6 Å². The van der Waals surface area contributed by atoms with Crippen molar-refractivity contribution in [3.05, 3.63) is 65.7 Å². The van der Waals surface area contributed by atoms with Crippen LogP contribution >= 0.6 is 12.4 Å². The topological polar surface area (TPSA) is 66.5 Å². The first kappa shape index (κ1) is 21.4. The van der Waals surface area contributed by atoms with Gasteiger partial charge in [-0.1, -0.05) is 30.3 Å². The van der Waals surface area contributed by atoms with Crippen LogP contribution in [0.1, 0.15) is 28.8 Å². The predicted molar refractivity (Wildman–Crippen MR) is 109 cm³/mol. The van der Waals surface area contributed by atoms with Crippen molar-refractivity contribution in [2.24, 2.45) is 0 Å². The van der Waals surface area contributed by atoms with Crippen molar-refractivity contribution >= 4 is 28.2 Å². The summed E-state index contributed by atoms with van der Waals surface area (Å²) in [4.78, 5) is 14.7. The molecule has 1 fully saturated rings. The number of halogens is 1. The molecular formula is C20H25ClN2O3S. The van der Waals surface area contributed by atoms with Crippen LogP contribution in [0.5, 0.6) is 0 Å². The van der Waals surface area contributed by atoms with Gasteiger partial charge in [-0.2, -0.15) is 0 Å². The number of rotatable bonds is 5. The highest BCUT2D eigenvalue weighted by atomic mass is 35.5. The number of carbonyl (C=O) groups is 1. The maximum atomic E-state index is 12.7. The van der Waals surface area contributed by atoms with E-state index in [0.717, 1.165) is 24.9 Å². The Balaban J connectivity index is 0.00000261. The lowest BCUT2D eigenvalue weighted by Crippen LogP contribution is -2.46. The number of benzene rings is 2. The second-order valence-electron chi connectivity index (χ2n) is 6.65. The maximum Gasteiger partial charge on any atom is 0.253 e. The summed E-state index contributed by atoms with van der Waals surface area (Å²) in [6.07, 6.45) is 2.04. The van der Waals surface area contributed by atoms with Crippen molar-refractivity contribution in [3.63, 3.8) is 0 Å². The zero-order chi connectivity index (χ0) is 18.6. The van der Waals surface area contributed by atoms with E-state index in [4.69, 9.17) is 0 Å². The SMILES string of the molecule is CNC1CCCN(C(=O)c2ccc(S(=O)(=O)Cc3ccccc3)cc2)C1.Cl. The number of piperidine rings is 1. The molecule has 2 aromatic rings. The molecule has 2 aromatic carbocycles. The fourth-order valence-corrected chi connectivity index (χ4v) is 4.61. The Hall–Kier alpha value is -1.89. The second kappa shape index (κ2) is 9.35. The van der Waals surface area contributed by atoms with E-state index in [0.29, 0.717) is 18.2 Å². The molecule has 27 heavy (non-hydrogen) atoms. The van der Waals surface area contributed by atoms with Gasteiger partial charge in [-0.25, -0.2) is 8.42 Å². The molecule has 3 rings (SSSR count). The minimum absolute atomic E-state index is 0. The number of likely N-dealkylation sites (N-methyl/N-ethyl adjacent to an activating group) is 1. The molecule has 0 aromatic heterocycles. The first-order chi connectivity index (χ1) is 12.5. The van der Waals surface area contributed by atoms with Crippen LogP contribution in [0.15, 0.2) is 59.5 Å². The van der Waals surface area contributed by atoms with Crippen molar-refractivity contribution in [2.75, 3.05) is 20.1 Å². The van der Waals surface area contributed by atoms with Crippen LogP contribution in [0.3, 0.4) is 0 Å². The lowest BCUT2D eigenvalue weighted by atomic mass is 10.0. The third-order valence-corrected chi connectivity index (χ3v) is 6.48. The van der Waals surface area contributed by atoms with Gasteiger partial charge in [-0.05, 0) is 49.7 Å². The van der Waals surface area contributed by atoms with Crippen LogP contribution < -0.4 is 5.32 Å². The Morgan fingerprint density at radius 1 is 1.11 bits per heavy atom. The van der Waals surface area contributed by atoms with Crippen molar-refractivity contribution in [2.45, 2.75) is 29.5 Å². The summed E-state index contributed by atoms with van der Waals surface area (Å²) < 4.78 is 25.1. The third kappa shape index (κ3) is 5.31. The van der Waals surface area contributed by atoms with E-state index in [1.807, 2.05) is 30.1 Å². The van der Waals surface area contributed by atoms with Crippen LogP contribution in [-0.4, -0.2) is 45.4 Å². The van der Waals surface area contributed by atoms with Gasteiger partial charge in [-0.3, -0.25) is 4.79 Å². The Bertz CT molecular complexity index is 855. The van der Waals surface area contributed by atoms with Crippen LogP contribution in [0.4, 0.5) is 0 Å². The summed E-state index contributed by atoms with van der Waals surface area (Å²) in [7, 11) is -1.52. The van der Waals surface area contributed by atoms with Gasteiger partial charge in [0.15, 0.2) is 9.84 Å². The lowest BCUT2D eigenvalue weighted by Gasteiger charge is -2.32. The number of nitrogens with zero attached hydrogens (tertiary/aromatic N) is 1. The second-order valence-corrected chi connectivity index (χ2v) is 8.64. The average molecular weight is 409 g/mol. The smallest absolute Gasteiger partial charge is 0.253 e. The molecule has 1 heterocycles. The Kier molecular flexibility index (Phi) is 7.41. The van der Waals surface area contributed by atoms with Gasteiger partial charge in [0.1, 0.15) is 0 Å². The summed E-state index contributed by atoms with van der Waals surface area (Å²) in [5, 5.41) is 3.22. The number of hydrogen-bond acceptors (Lipinski definition) is 4. The molecule has 7 heteroatoms. The molecule has 1 aliphatic heterocycles. The van der Waals surface area contributed by atoms with Crippen LogP contribution in [0.25, 0.3) is 0 Å². The predicted octanol–water partition coefficient (Wildman–Crippen LogP) is 2.91. The summed E-state index contributed by atoms with van der Waals surface area (Å²) in [6.45, 7) is 1.43. The number of hydrogen-bond donors (Lipinski definition) is 1. The molecular weight excluding hydrogens is 384 g/mol. The van der Waals surface area contributed by atoms with Gasteiger partial charge in [0.2, 0.25) is 0 Å². The molecule has 1 amide bonds. The zero-order valence-electron chi connectivity index (χ0n) is 15.3. The Labute approximate surface area is 167 Å². The van der Waals surface area contributed by atoms with Crippen LogP contribution in [0, 0.1) is 0 Å². The van der Waals surface area contributed by atoms with Gasteiger partial charge in [0, 0.05) is 24.7 Å². The summed E-state index contributed by atoms with van der Waals surface area (Å²) in [5.74, 6) is -0.0890. The number of carbonyl (C=O) groups excluding carboxylic acids is 1. The number of sulfone groups is 1. The molecule has 1 N–H and O–H groups in total. The molecule has 0 radical (unpaired) electrons. The van der Waals surface area contributed by atoms with E-state index in [1.165, 1.54) is 12.1 Å². The molecule has 1 atom stereocenters. The molecule has 146 valence electrons. The van der Waals surface area contributed by atoms with Crippen molar-refractivity contribution in [1.82, 2.24) is 10.2 Å². The van der Waals surface area contributed by atoms with E-state index in [9.17, 15) is 13.2 Å². The largest absolute Gasteiger partial charge is 0.337 e. The van der Waals surface area contributed by atoms with E-state index < -0.39 is 9.84 Å². The van der Waals surface area contributed by atoms with Gasteiger partial charge in [0.25, 0.3) is 5.91 Å². The fourth-order valence-electron chi connectivity index (χ4n) is 3.26. The lowest BCUT2D eigenvalue weighted by molar-refractivity contribution is 0.0698. The number of nitrogens with one attached hydrogen (secondary N) is 1. The highest BCUT2D eigenvalue weighted by molar-refractivity contribution is 7.90. The fraction of sp³-hybridized carbons (Fsp3) is 0.350. The molecule has 0 spiro atoms. The highest BCUT2D eigenvalue weighted by Gasteiger charge is 2.24. The first-order valence-corrected chi connectivity index (χ1v) is 10.5. The average Bonchev–Trinajstić information content (AvgIpc) is 2.68. The molecule has 0 bridgehead atoms. The normalized spacial score (nSPS) is 17.2.